The van der Waals surface area contributed by atoms with E-state index in [1.165, 1.54) is 18.3 Å². The lowest BCUT2D eigenvalue weighted by atomic mass is 9.99. The Morgan fingerprint density at radius 2 is 1.96 bits per heavy atom. The topological polar surface area (TPSA) is 102 Å². The van der Waals surface area contributed by atoms with Crippen molar-refractivity contribution in [2.24, 2.45) is 0 Å². The molecule has 2 aromatic rings. The van der Waals surface area contributed by atoms with E-state index in [9.17, 15) is 14.4 Å². The maximum Gasteiger partial charge on any atom is 0.354 e. The number of hydrogen-bond acceptors (Lipinski definition) is 6. The molecule has 0 aliphatic rings. The normalized spacial score (nSPS) is 11.9. The maximum absolute atomic E-state index is 13.2. The van der Waals surface area contributed by atoms with Gasteiger partial charge in [0.05, 0.1) is 19.4 Å². The molecule has 0 fully saturated rings. The van der Waals surface area contributed by atoms with E-state index >= 15 is 0 Å². The molecule has 0 unspecified atom stereocenters. The number of aromatic amines is 1. The van der Waals surface area contributed by atoms with Gasteiger partial charge in [-0.15, -0.1) is 0 Å². The average molecular weight is 390 g/mol. The van der Waals surface area contributed by atoms with Crippen molar-refractivity contribution < 1.29 is 28.3 Å². The molecule has 28 heavy (non-hydrogen) atoms. The van der Waals surface area contributed by atoms with Gasteiger partial charge in [0.2, 0.25) is 0 Å². The van der Waals surface area contributed by atoms with Gasteiger partial charge in [-0.05, 0) is 44.9 Å². The minimum absolute atomic E-state index is 0.162. The number of ether oxygens (including phenoxy) is 2. The highest BCUT2D eigenvalue weighted by molar-refractivity contribution is 6.07. The van der Waals surface area contributed by atoms with Crippen LogP contribution in [0.25, 0.3) is 0 Å². The zero-order valence-corrected chi connectivity index (χ0v) is 16.8. The lowest BCUT2D eigenvalue weighted by Gasteiger charge is -2.28. The van der Waals surface area contributed by atoms with Crippen molar-refractivity contribution in [2.45, 2.75) is 33.2 Å². The first-order valence-electron chi connectivity index (χ1n) is 8.98. The predicted molar refractivity (Wildman–Crippen MR) is 102 cm³/mol. The van der Waals surface area contributed by atoms with Crippen molar-refractivity contribution in [3.63, 3.8) is 0 Å². The number of aromatic nitrogens is 1. The van der Waals surface area contributed by atoms with Gasteiger partial charge in [0.25, 0.3) is 5.91 Å². The highest BCUT2D eigenvalue weighted by Gasteiger charge is 2.32. The molecular weight excluding hydrogens is 364 g/mol. The highest BCUT2D eigenvalue weighted by atomic mass is 16.5. The summed E-state index contributed by atoms with van der Waals surface area (Å²) < 4.78 is 15.0. The fourth-order valence-electron chi connectivity index (χ4n) is 3.17. The van der Waals surface area contributed by atoms with Crippen molar-refractivity contribution in [1.82, 2.24) is 9.88 Å². The summed E-state index contributed by atoms with van der Waals surface area (Å²) in [5, 5.41) is 0. The molecule has 0 bridgehead atoms. The molecule has 0 aromatic carbocycles. The molecule has 0 aliphatic carbocycles. The summed E-state index contributed by atoms with van der Waals surface area (Å²) >= 11 is 0. The fraction of sp³-hybridized carbons (Fsp3) is 0.450. The number of aryl methyl sites for hydroxylation is 1. The molecule has 1 N–H and O–H groups in total. The summed E-state index contributed by atoms with van der Waals surface area (Å²) in [7, 11) is 2.86. The number of carbonyl (C=O) groups is 3. The zero-order valence-electron chi connectivity index (χ0n) is 16.8. The molecule has 1 amide bonds. The fourth-order valence-corrected chi connectivity index (χ4v) is 3.17. The van der Waals surface area contributed by atoms with E-state index in [0.29, 0.717) is 36.4 Å². The molecule has 0 radical (unpaired) electrons. The van der Waals surface area contributed by atoms with Gasteiger partial charge in [-0.1, -0.05) is 0 Å². The lowest BCUT2D eigenvalue weighted by Crippen LogP contribution is -2.44. The Bertz CT molecular complexity index is 837. The van der Waals surface area contributed by atoms with Crippen molar-refractivity contribution >= 4 is 17.7 Å². The molecule has 152 valence electrons. The van der Waals surface area contributed by atoms with Crippen LogP contribution in [-0.4, -0.2) is 61.0 Å². The molecule has 0 saturated heterocycles. The van der Waals surface area contributed by atoms with Crippen LogP contribution in [0, 0.1) is 13.8 Å². The number of hydrogen-bond donors (Lipinski definition) is 1. The van der Waals surface area contributed by atoms with Gasteiger partial charge in [-0.3, -0.25) is 9.59 Å². The van der Waals surface area contributed by atoms with Gasteiger partial charge in [-0.2, -0.15) is 0 Å². The molecule has 0 saturated carbocycles. The SMILES string of the molecule is COCCCN(C(=O)c1ccco1)[C@H](C)C(=O)c1c(C)[nH]c(C(=O)OC)c1C. The Morgan fingerprint density at radius 1 is 1.25 bits per heavy atom. The lowest BCUT2D eigenvalue weighted by molar-refractivity contribution is 0.0579. The summed E-state index contributed by atoms with van der Waals surface area (Å²) in [5.74, 6) is -1.02. The molecule has 2 aromatic heterocycles. The number of furan rings is 1. The summed E-state index contributed by atoms with van der Waals surface area (Å²) in [5.41, 5.74) is 1.68. The third-order valence-electron chi connectivity index (χ3n) is 4.66. The summed E-state index contributed by atoms with van der Waals surface area (Å²) in [6, 6.07) is 2.43. The van der Waals surface area contributed by atoms with E-state index in [1.54, 1.807) is 40.0 Å². The van der Waals surface area contributed by atoms with Crippen LogP contribution in [-0.2, 0) is 9.47 Å². The van der Waals surface area contributed by atoms with Gasteiger partial charge in [0.15, 0.2) is 11.5 Å². The van der Waals surface area contributed by atoms with Crippen molar-refractivity contribution in [3.05, 3.63) is 46.7 Å². The molecular formula is C20H26N2O6. The molecule has 8 nitrogen and oxygen atoms in total. The molecule has 2 heterocycles. The van der Waals surface area contributed by atoms with Crippen LogP contribution in [0.2, 0.25) is 0 Å². The van der Waals surface area contributed by atoms with Crippen molar-refractivity contribution in [2.75, 3.05) is 27.4 Å². The van der Waals surface area contributed by atoms with Crippen molar-refractivity contribution in [3.8, 4) is 0 Å². The van der Waals surface area contributed by atoms with Crippen molar-refractivity contribution in [1.29, 1.82) is 0 Å². The summed E-state index contributed by atoms with van der Waals surface area (Å²) in [6.45, 7) is 5.84. The standard InChI is InChI=1S/C20H26N2O6/c1-12-16(13(2)21-17(12)20(25)27-5)18(23)14(3)22(9-7-10-26-4)19(24)15-8-6-11-28-15/h6,8,11,14,21H,7,9-10H2,1-5H3/t14-/m1/s1. The van der Waals surface area contributed by atoms with Crippen LogP contribution in [0.4, 0.5) is 0 Å². The summed E-state index contributed by atoms with van der Waals surface area (Å²) in [4.78, 5) is 42.4. The largest absolute Gasteiger partial charge is 0.464 e. The first-order chi connectivity index (χ1) is 13.3. The quantitative estimate of drug-likeness (QED) is 0.401. The second-order valence-electron chi connectivity index (χ2n) is 6.48. The number of ketones is 1. The number of H-pyrrole nitrogens is 1. The number of amides is 1. The van der Waals surface area contributed by atoms with Crippen LogP contribution in [0.5, 0.6) is 0 Å². The minimum atomic E-state index is -0.756. The molecule has 8 heteroatoms. The third-order valence-corrected chi connectivity index (χ3v) is 4.66. The monoisotopic (exact) mass is 390 g/mol. The number of Topliss-reactive ketones (excluding diaryl/α,β-unsaturated/α-hetero) is 1. The van der Waals surface area contributed by atoms with E-state index in [2.05, 4.69) is 4.98 Å². The van der Waals surface area contributed by atoms with E-state index < -0.39 is 12.0 Å². The Morgan fingerprint density at radius 3 is 2.54 bits per heavy atom. The van der Waals surface area contributed by atoms with Gasteiger partial charge in [0.1, 0.15) is 5.69 Å². The second-order valence-corrected chi connectivity index (χ2v) is 6.48. The second kappa shape index (κ2) is 9.36. The number of nitrogens with one attached hydrogen (secondary N) is 1. The van der Waals surface area contributed by atoms with Crippen LogP contribution in [0.15, 0.2) is 22.8 Å². The van der Waals surface area contributed by atoms with Gasteiger partial charge >= 0.3 is 5.97 Å². The third kappa shape index (κ3) is 4.33. The van der Waals surface area contributed by atoms with E-state index in [0.717, 1.165) is 0 Å². The Kier molecular flexibility index (Phi) is 7.17. The number of esters is 1. The number of rotatable bonds is 9. The van der Waals surface area contributed by atoms with Crippen LogP contribution in [0.1, 0.15) is 56.0 Å². The van der Waals surface area contributed by atoms with E-state index in [4.69, 9.17) is 13.9 Å². The molecule has 2 rings (SSSR count). The Balaban J connectivity index is 2.34. The van der Waals surface area contributed by atoms with Crippen LogP contribution in [0.3, 0.4) is 0 Å². The van der Waals surface area contributed by atoms with Gasteiger partial charge < -0.3 is 23.8 Å². The van der Waals surface area contributed by atoms with Crippen LogP contribution >= 0.6 is 0 Å². The average Bonchev–Trinajstić information content (AvgIpc) is 3.31. The Labute approximate surface area is 163 Å². The molecule has 1 atom stereocenters. The predicted octanol–water partition coefficient (Wildman–Crippen LogP) is 2.76. The smallest absolute Gasteiger partial charge is 0.354 e. The number of carbonyl (C=O) groups excluding carboxylic acids is 3. The highest BCUT2D eigenvalue weighted by Crippen LogP contribution is 2.23. The first-order valence-corrected chi connectivity index (χ1v) is 8.98. The molecule has 0 aliphatic heterocycles. The first kappa shape index (κ1) is 21.4. The summed E-state index contributed by atoms with van der Waals surface area (Å²) in [6.07, 6.45) is 1.98. The maximum atomic E-state index is 13.2. The minimum Gasteiger partial charge on any atom is -0.464 e. The van der Waals surface area contributed by atoms with Gasteiger partial charge in [-0.25, -0.2) is 4.79 Å². The van der Waals surface area contributed by atoms with Crippen LogP contribution < -0.4 is 0 Å². The number of nitrogens with zero attached hydrogens (tertiary/aromatic N) is 1. The van der Waals surface area contributed by atoms with E-state index in [1.807, 2.05) is 0 Å². The van der Waals surface area contributed by atoms with E-state index in [-0.39, 0.29) is 23.1 Å². The number of methoxy groups -OCH3 is 2. The zero-order chi connectivity index (χ0) is 20.8. The molecule has 0 spiro atoms. The van der Waals surface area contributed by atoms with Gasteiger partial charge in [0, 0.05) is 31.5 Å². The Hall–Kier alpha value is -2.87.